The number of hydrogen-bond acceptors (Lipinski definition) is 3. The fraction of sp³-hybridized carbons (Fsp3) is 0.571. The second-order valence-corrected chi connectivity index (χ2v) is 4.58. The highest BCUT2D eigenvalue weighted by molar-refractivity contribution is 5.27. The molecule has 0 spiro atoms. The van der Waals surface area contributed by atoms with Crippen molar-refractivity contribution < 1.29 is 14.9 Å². The van der Waals surface area contributed by atoms with E-state index in [9.17, 15) is 0 Å². The molecule has 0 atom stereocenters. The van der Waals surface area contributed by atoms with E-state index in [-0.39, 0.29) is 25.2 Å². The molecule has 96 valence electrons. The van der Waals surface area contributed by atoms with Gasteiger partial charge in [-0.05, 0) is 44.4 Å². The number of aliphatic hydroxyl groups is 2. The van der Waals surface area contributed by atoms with Gasteiger partial charge in [-0.3, -0.25) is 0 Å². The van der Waals surface area contributed by atoms with Gasteiger partial charge in [0.2, 0.25) is 0 Å². The molecule has 1 aromatic carbocycles. The van der Waals surface area contributed by atoms with Gasteiger partial charge in [0.05, 0.1) is 6.10 Å². The van der Waals surface area contributed by atoms with E-state index in [4.69, 9.17) is 14.9 Å². The molecule has 0 aliphatic heterocycles. The highest BCUT2D eigenvalue weighted by Gasteiger charge is 2.06. The van der Waals surface area contributed by atoms with Crippen LogP contribution in [-0.4, -0.2) is 29.5 Å². The molecule has 0 aliphatic rings. The average Bonchev–Trinajstić information content (AvgIpc) is 2.32. The number of rotatable bonds is 7. The molecular weight excluding hydrogens is 216 g/mol. The predicted octanol–water partition coefficient (Wildman–Crippen LogP) is 2.01. The van der Waals surface area contributed by atoms with Gasteiger partial charge in [0, 0.05) is 19.1 Å². The van der Waals surface area contributed by atoms with Gasteiger partial charge in [-0.2, -0.15) is 0 Å². The van der Waals surface area contributed by atoms with Crippen molar-refractivity contribution in [1.29, 1.82) is 0 Å². The van der Waals surface area contributed by atoms with Crippen molar-refractivity contribution in [3.05, 3.63) is 29.8 Å². The summed E-state index contributed by atoms with van der Waals surface area (Å²) in [5.41, 5.74) is 1.20. The largest absolute Gasteiger partial charge is 0.491 e. The third-order valence-corrected chi connectivity index (χ3v) is 2.65. The Bertz CT molecular complexity index is 302. The summed E-state index contributed by atoms with van der Waals surface area (Å²) < 4.78 is 5.56. The summed E-state index contributed by atoms with van der Waals surface area (Å²) in [5, 5.41) is 17.9. The molecule has 0 aliphatic carbocycles. The van der Waals surface area contributed by atoms with E-state index in [1.54, 1.807) is 0 Å². The Kier molecular flexibility index (Phi) is 6.01. The van der Waals surface area contributed by atoms with Crippen LogP contribution >= 0.6 is 0 Å². The second kappa shape index (κ2) is 7.30. The van der Waals surface area contributed by atoms with Gasteiger partial charge in [-0.1, -0.05) is 12.1 Å². The van der Waals surface area contributed by atoms with Crippen LogP contribution in [0, 0.1) is 5.92 Å². The maximum Gasteiger partial charge on any atom is 0.119 e. The number of benzene rings is 1. The third kappa shape index (κ3) is 5.20. The van der Waals surface area contributed by atoms with E-state index < -0.39 is 0 Å². The standard InChI is InChI=1S/C14H22O3/c1-11(2)17-14-7-5-12(6-8-14)3-4-13(9-15)10-16/h5-8,11,13,15-16H,3-4,9-10H2,1-2H3. The summed E-state index contributed by atoms with van der Waals surface area (Å²) >= 11 is 0. The minimum absolute atomic E-state index is 0.0124. The molecule has 0 saturated carbocycles. The Morgan fingerprint density at radius 3 is 2.12 bits per heavy atom. The van der Waals surface area contributed by atoms with E-state index in [0.29, 0.717) is 0 Å². The Morgan fingerprint density at radius 2 is 1.65 bits per heavy atom. The molecule has 3 nitrogen and oxygen atoms in total. The molecule has 0 bridgehead atoms. The van der Waals surface area contributed by atoms with Crippen molar-refractivity contribution in [2.75, 3.05) is 13.2 Å². The lowest BCUT2D eigenvalue weighted by atomic mass is 10.0. The molecule has 0 aromatic heterocycles. The van der Waals surface area contributed by atoms with E-state index in [0.717, 1.165) is 18.6 Å². The molecule has 3 heteroatoms. The van der Waals surface area contributed by atoms with Crippen molar-refractivity contribution in [2.24, 2.45) is 5.92 Å². The normalized spacial score (nSPS) is 11.2. The lowest BCUT2D eigenvalue weighted by Gasteiger charge is -2.12. The van der Waals surface area contributed by atoms with E-state index in [1.807, 2.05) is 38.1 Å². The first kappa shape index (κ1) is 14.0. The third-order valence-electron chi connectivity index (χ3n) is 2.65. The molecule has 0 amide bonds. The Hall–Kier alpha value is -1.06. The van der Waals surface area contributed by atoms with Gasteiger partial charge in [0.15, 0.2) is 0 Å². The number of hydrogen-bond donors (Lipinski definition) is 2. The Balaban J connectivity index is 2.45. The van der Waals surface area contributed by atoms with Gasteiger partial charge in [0.1, 0.15) is 5.75 Å². The van der Waals surface area contributed by atoms with E-state index >= 15 is 0 Å². The molecule has 0 heterocycles. The molecule has 2 N–H and O–H groups in total. The number of aliphatic hydroxyl groups excluding tert-OH is 2. The zero-order chi connectivity index (χ0) is 12.7. The van der Waals surface area contributed by atoms with E-state index in [1.165, 1.54) is 5.56 Å². The molecule has 1 aromatic rings. The van der Waals surface area contributed by atoms with Crippen molar-refractivity contribution in [1.82, 2.24) is 0 Å². The lowest BCUT2D eigenvalue weighted by Crippen LogP contribution is -2.11. The van der Waals surface area contributed by atoms with Crippen LogP contribution in [0.25, 0.3) is 0 Å². The smallest absolute Gasteiger partial charge is 0.119 e. The summed E-state index contributed by atoms with van der Waals surface area (Å²) in [7, 11) is 0. The quantitative estimate of drug-likeness (QED) is 0.764. The average molecular weight is 238 g/mol. The Labute approximate surface area is 103 Å². The summed E-state index contributed by atoms with van der Waals surface area (Å²) in [6.45, 7) is 4.10. The highest BCUT2D eigenvalue weighted by atomic mass is 16.5. The minimum Gasteiger partial charge on any atom is -0.491 e. The van der Waals surface area contributed by atoms with Crippen LogP contribution in [0.4, 0.5) is 0 Å². The van der Waals surface area contributed by atoms with Crippen molar-refractivity contribution in [3.8, 4) is 5.75 Å². The molecule has 0 unspecified atom stereocenters. The van der Waals surface area contributed by atoms with Crippen LogP contribution in [0.2, 0.25) is 0 Å². The van der Waals surface area contributed by atoms with Gasteiger partial charge >= 0.3 is 0 Å². The minimum atomic E-state index is -0.0124. The first-order valence-electron chi connectivity index (χ1n) is 6.13. The SMILES string of the molecule is CC(C)Oc1ccc(CCC(CO)CO)cc1. The summed E-state index contributed by atoms with van der Waals surface area (Å²) in [6.07, 6.45) is 1.86. The molecule has 0 radical (unpaired) electrons. The fourth-order valence-electron chi connectivity index (χ4n) is 1.62. The lowest BCUT2D eigenvalue weighted by molar-refractivity contribution is 0.144. The van der Waals surface area contributed by atoms with Gasteiger partial charge in [-0.25, -0.2) is 0 Å². The molecule has 1 rings (SSSR count). The number of aryl methyl sites for hydroxylation is 1. The van der Waals surface area contributed by atoms with Crippen molar-refractivity contribution in [2.45, 2.75) is 32.8 Å². The number of ether oxygens (including phenoxy) is 1. The zero-order valence-corrected chi connectivity index (χ0v) is 10.6. The van der Waals surface area contributed by atoms with Crippen LogP contribution in [0.1, 0.15) is 25.8 Å². The predicted molar refractivity (Wildman–Crippen MR) is 68.2 cm³/mol. The van der Waals surface area contributed by atoms with Crippen LogP contribution in [0.5, 0.6) is 5.75 Å². The van der Waals surface area contributed by atoms with Crippen molar-refractivity contribution in [3.63, 3.8) is 0 Å². The second-order valence-electron chi connectivity index (χ2n) is 4.58. The monoisotopic (exact) mass is 238 g/mol. The summed E-state index contributed by atoms with van der Waals surface area (Å²) in [6, 6.07) is 7.98. The van der Waals surface area contributed by atoms with Crippen LogP contribution in [0.3, 0.4) is 0 Å². The highest BCUT2D eigenvalue weighted by Crippen LogP contribution is 2.16. The zero-order valence-electron chi connectivity index (χ0n) is 10.6. The Morgan fingerprint density at radius 1 is 1.06 bits per heavy atom. The molecule has 0 saturated heterocycles. The van der Waals surface area contributed by atoms with Gasteiger partial charge in [-0.15, -0.1) is 0 Å². The van der Waals surface area contributed by atoms with Crippen LogP contribution < -0.4 is 4.74 Å². The molecule has 0 fully saturated rings. The maximum atomic E-state index is 8.97. The first-order chi connectivity index (χ1) is 8.15. The van der Waals surface area contributed by atoms with Crippen molar-refractivity contribution >= 4 is 0 Å². The molecule has 17 heavy (non-hydrogen) atoms. The van der Waals surface area contributed by atoms with Crippen LogP contribution in [0.15, 0.2) is 24.3 Å². The maximum absolute atomic E-state index is 8.97. The molecular formula is C14H22O3. The van der Waals surface area contributed by atoms with E-state index in [2.05, 4.69) is 0 Å². The van der Waals surface area contributed by atoms with Crippen LogP contribution in [-0.2, 0) is 6.42 Å². The summed E-state index contributed by atoms with van der Waals surface area (Å²) in [4.78, 5) is 0. The van der Waals surface area contributed by atoms with Gasteiger partial charge < -0.3 is 14.9 Å². The topological polar surface area (TPSA) is 49.7 Å². The van der Waals surface area contributed by atoms with Gasteiger partial charge in [0.25, 0.3) is 0 Å². The summed E-state index contributed by atoms with van der Waals surface area (Å²) in [5.74, 6) is 0.867. The fourth-order valence-corrected chi connectivity index (χ4v) is 1.62. The first-order valence-corrected chi connectivity index (χ1v) is 6.13.